The second-order valence-corrected chi connectivity index (χ2v) is 6.09. The van der Waals surface area contributed by atoms with Gasteiger partial charge in [0, 0.05) is 6.54 Å². The van der Waals surface area contributed by atoms with Crippen LogP contribution in [-0.2, 0) is 28.7 Å². The van der Waals surface area contributed by atoms with Crippen molar-refractivity contribution in [2.24, 2.45) is 17.2 Å². The number of hydrogen-bond donors (Lipinski definition) is 10. The molecule has 1 unspecified atom stereocenters. The fourth-order valence-corrected chi connectivity index (χ4v) is 1.67. The van der Waals surface area contributed by atoms with E-state index in [4.69, 9.17) is 43.0 Å². The van der Waals surface area contributed by atoms with Crippen LogP contribution < -0.4 is 22.5 Å². The molecule has 0 amide bonds. The standard InChI is InChI=1S/C12H20N4O8.C3H7NO3/c13-6(2-1-3-16-11(14)15)9(20)24-8(19)5-12(23,10(21)22)4-7(17)18;4-2(1-5)3(6)7/h6,23H,1-5,13H2,(H,17,18)(H,21,22)(H4,14,15,16);2,5H,1,4H2,(H,6,7)/t6-,12?;2-/m00/s1. The monoisotopic (exact) mass is 453 g/mol. The second-order valence-electron chi connectivity index (χ2n) is 6.09. The summed E-state index contributed by atoms with van der Waals surface area (Å²) in [6, 6.07) is -2.32. The van der Waals surface area contributed by atoms with Crippen LogP contribution in [0.15, 0.2) is 0 Å². The molecular weight excluding hydrogens is 426 g/mol. The number of carbonyl (C=O) groups is 5. The van der Waals surface area contributed by atoms with Crippen LogP contribution in [0.5, 0.6) is 0 Å². The van der Waals surface area contributed by atoms with Gasteiger partial charge in [0.05, 0.1) is 19.4 Å². The van der Waals surface area contributed by atoms with E-state index in [9.17, 15) is 29.1 Å². The van der Waals surface area contributed by atoms with Crippen LogP contribution in [0, 0.1) is 5.41 Å². The molecule has 0 aliphatic rings. The van der Waals surface area contributed by atoms with E-state index in [0.29, 0.717) is 6.42 Å². The van der Waals surface area contributed by atoms with Gasteiger partial charge in [0.2, 0.25) is 0 Å². The van der Waals surface area contributed by atoms with Gasteiger partial charge < -0.3 is 52.8 Å². The molecule has 0 fully saturated rings. The zero-order valence-electron chi connectivity index (χ0n) is 16.3. The van der Waals surface area contributed by atoms with Crippen LogP contribution in [0.2, 0.25) is 0 Å². The first-order chi connectivity index (χ1) is 14.2. The number of ether oxygens (including phenoxy) is 1. The van der Waals surface area contributed by atoms with Crippen LogP contribution in [0.1, 0.15) is 25.7 Å². The maximum atomic E-state index is 11.6. The van der Waals surface area contributed by atoms with Gasteiger partial charge in [-0.2, -0.15) is 0 Å². The smallest absolute Gasteiger partial charge is 0.336 e. The fourth-order valence-electron chi connectivity index (χ4n) is 1.67. The molecule has 3 atom stereocenters. The van der Waals surface area contributed by atoms with Gasteiger partial charge in [-0.1, -0.05) is 0 Å². The number of aliphatic hydroxyl groups is 2. The first-order valence-corrected chi connectivity index (χ1v) is 8.51. The van der Waals surface area contributed by atoms with E-state index in [-0.39, 0.29) is 18.9 Å². The van der Waals surface area contributed by atoms with Crippen molar-refractivity contribution in [3.05, 3.63) is 0 Å². The third kappa shape index (κ3) is 14.3. The van der Waals surface area contributed by atoms with Crippen molar-refractivity contribution in [1.82, 2.24) is 5.32 Å². The molecule has 0 aromatic heterocycles. The van der Waals surface area contributed by atoms with Crippen molar-refractivity contribution in [2.75, 3.05) is 13.2 Å². The summed E-state index contributed by atoms with van der Waals surface area (Å²) in [6.07, 6.45) is -2.04. The number of carboxylic acid groups (broad SMARTS) is 3. The van der Waals surface area contributed by atoms with E-state index in [0.717, 1.165) is 0 Å². The molecule has 0 radical (unpaired) electrons. The number of carboxylic acids is 3. The summed E-state index contributed by atoms with van der Waals surface area (Å²) < 4.78 is 4.31. The highest BCUT2D eigenvalue weighted by Gasteiger charge is 2.42. The SMILES string of the molecule is N=C(N)NCCC[C@H](N)C(=O)OC(=O)CC(O)(CC(=O)O)C(=O)O.N[C@@H](CO)C(=O)O. The van der Waals surface area contributed by atoms with Crippen molar-refractivity contribution in [2.45, 2.75) is 43.4 Å². The molecule has 16 nitrogen and oxygen atoms in total. The summed E-state index contributed by atoms with van der Waals surface area (Å²) in [7, 11) is 0. The van der Waals surface area contributed by atoms with Crippen LogP contribution in [-0.4, -0.2) is 92.2 Å². The third-order valence-electron chi connectivity index (χ3n) is 3.32. The molecule has 0 rings (SSSR count). The number of aliphatic carboxylic acids is 3. The van der Waals surface area contributed by atoms with Crippen LogP contribution in [0.3, 0.4) is 0 Å². The lowest BCUT2D eigenvalue weighted by atomic mass is 9.96. The number of hydrogen-bond acceptors (Lipinski definition) is 11. The molecule has 13 N–H and O–H groups in total. The Morgan fingerprint density at radius 2 is 1.58 bits per heavy atom. The highest BCUT2D eigenvalue weighted by atomic mass is 16.6. The Balaban J connectivity index is 0. The quantitative estimate of drug-likeness (QED) is 0.0439. The third-order valence-corrected chi connectivity index (χ3v) is 3.32. The Morgan fingerprint density at radius 1 is 1.03 bits per heavy atom. The van der Waals surface area contributed by atoms with Gasteiger partial charge >= 0.3 is 29.8 Å². The number of rotatable bonds is 12. The Hall–Kier alpha value is -3.34. The second kappa shape index (κ2) is 14.6. The molecule has 0 bridgehead atoms. The van der Waals surface area contributed by atoms with Crippen LogP contribution in [0.25, 0.3) is 0 Å². The van der Waals surface area contributed by atoms with E-state index in [2.05, 4.69) is 10.1 Å². The summed E-state index contributed by atoms with van der Waals surface area (Å²) in [5, 5.41) is 52.3. The average molecular weight is 453 g/mol. The number of nitrogens with one attached hydrogen (secondary N) is 2. The number of nitrogens with two attached hydrogens (primary N) is 3. The molecule has 0 aromatic rings. The van der Waals surface area contributed by atoms with Gasteiger partial charge in [-0.15, -0.1) is 0 Å². The first-order valence-electron chi connectivity index (χ1n) is 8.51. The minimum absolute atomic E-state index is 0.0880. The van der Waals surface area contributed by atoms with Gasteiger partial charge in [-0.3, -0.25) is 19.8 Å². The summed E-state index contributed by atoms with van der Waals surface area (Å²) in [5.74, 6) is -7.58. The predicted octanol–water partition coefficient (Wildman–Crippen LogP) is -4.28. The van der Waals surface area contributed by atoms with Gasteiger partial charge in [-0.25, -0.2) is 9.59 Å². The maximum absolute atomic E-state index is 11.6. The van der Waals surface area contributed by atoms with E-state index < -0.39 is 67.0 Å². The minimum atomic E-state index is -2.89. The van der Waals surface area contributed by atoms with Crippen molar-refractivity contribution >= 4 is 35.8 Å². The first kappa shape index (κ1) is 29.9. The molecule has 0 aromatic carbocycles. The molecule has 0 heterocycles. The zero-order valence-corrected chi connectivity index (χ0v) is 16.3. The van der Waals surface area contributed by atoms with E-state index in [1.807, 2.05) is 0 Å². The van der Waals surface area contributed by atoms with Crippen LogP contribution >= 0.6 is 0 Å². The average Bonchev–Trinajstić information content (AvgIpc) is 2.63. The topological polar surface area (TPSA) is 310 Å². The van der Waals surface area contributed by atoms with Gasteiger partial charge in [0.1, 0.15) is 12.1 Å². The Bertz CT molecular complexity index is 672. The molecule has 178 valence electrons. The number of guanidine groups is 1. The molecule has 0 aliphatic heterocycles. The minimum Gasteiger partial charge on any atom is -0.481 e. The molecule has 16 heteroatoms. The van der Waals surface area contributed by atoms with E-state index in [1.165, 1.54) is 0 Å². The molecule has 31 heavy (non-hydrogen) atoms. The summed E-state index contributed by atoms with van der Waals surface area (Å²) in [6.45, 7) is -0.239. The number of carbonyl (C=O) groups excluding carboxylic acids is 2. The highest BCUT2D eigenvalue weighted by molar-refractivity contribution is 5.93. The molecule has 0 saturated heterocycles. The lowest BCUT2D eigenvalue weighted by Crippen LogP contribution is -2.44. The Kier molecular flexibility index (Phi) is 14.1. The predicted molar refractivity (Wildman–Crippen MR) is 100 cm³/mol. The van der Waals surface area contributed by atoms with E-state index in [1.54, 1.807) is 0 Å². The molecular formula is C15H27N5O11. The molecule has 0 saturated carbocycles. The maximum Gasteiger partial charge on any atom is 0.336 e. The highest BCUT2D eigenvalue weighted by Crippen LogP contribution is 2.17. The Labute approximate surface area is 175 Å². The summed E-state index contributed by atoms with van der Waals surface area (Å²) in [4.78, 5) is 54.1. The van der Waals surface area contributed by atoms with Gasteiger partial charge in [0.25, 0.3) is 0 Å². The molecule has 0 aliphatic carbocycles. The van der Waals surface area contributed by atoms with Gasteiger partial charge in [-0.05, 0) is 12.8 Å². The largest absolute Gasteiger partial charge is 0.481 e. The number of esters is 2. The van der Waals surface area contributed by atoms with Crippen LogP contribution in [0.4, 0.5) is 0 Å². The summed E-state index contributed by atoms with van der Waals surface area (Å²) in [5.41, 5.74) is 12.4. The normalized spacial score (nSPS) is 13.9. The van der Waals surface area contributed by atoms with Crippen molar-refractivity contribution in [1.29, 1.82) is 5.41 Å². The molecule has 0 spiro atoms. The Morgan fingerprint density at radius 3 is 1.94 bits per heavy atom. The number of aliphatic hydroxyl groups excluding tert-OH is 1. The van der Waals surface area contributed by atoms with Gasteiger partial charge in [0.15, 0.2) is 11.6 Å². The summed E-state index contributed by atoms with van der Waals surface area (Å²) >= 11 is 0. The van der Waals surface area contributed by atoms with Crippen molar-refractivity contribution in [3.63, 3.8) is 0 Å². The van der Waals surface area contributed by atoms with Crippen molar-refractivity contribution < 1.29 is 54.2 Å². The fraction of sp³-hybridized carbons (Fsp3) is 0.600. The lowest BCUT2D eigenvalue weighted by Gasteiger charge is -2.20. The zero-order chi connectivity index (χ0) is 24.8. The van der Waals surface area contributed by atoms with Crippen molar-refractivity contribution in [3.8, 4) is 0 Å². The lowest BCUT2D eigenvalue weighted by molar-refractivity contribution is -0.175. The van der Waals surface area contributed by atoms with E-state index >= 15 is 0 Å².